The van der Waals surface area contributed by atoms with E-state index in [0.717, 1.165) is 11.3 Å². The van der Waals surface area contributed by atoms with Crippen molar-refractivity contribution in [2.24, 2.45) is 0 Å². The van der Waals surface area contributed by atoms with Gasteiger partial charge in [-0.05, 0) is 24.3 Å². The maximum Gasteiger partial charge on any atom is 0.148 e. The van der Waals surface area contributed by atoms with Gasteiger partial charge in [-0.15, -0.1) is 10.2 Å². The van der Waals surface area contributed by atoms with Crippen LogP contribution in [-0.2, 0) is 4.74 Å². The predicted octanol–water partition coefficient (Wildman–Crippen LogP) is 2.22. The van der Waals surface area contributed by atoms with Gasteiger partial charge in [0.1, 0.15) is 5.82 Å². The lowest BCUT2D eigenvalue weighted by molar-refractivity contribution is 0.0992. The van der Waals surface area contributed by atoms with Crippen molar-refractivity contribution < 1.29 is 9.84 Å². The number of ether oxygens (including phenoxy) is 1. The Hall–Kier alpha value is -1.69. The summed E-state index contributed by atoms with van der Waals surface area (Å²) in [6.07, 6.45) is 0. The molecule has 0 radical (unpaired) electrons. The molecule has 0 atom stereocenters. The number of aliphatic hydroxyl groups excluding tert-OH is 1. The molecule has 2 rings (SSSR count). The lowest BCUT2D eigenvalue weighted by Crippen LogP contribution is -2.12. The van der Waals surface area contributed by atoms with Gasteiger partial charge in [-0.2, -0.15) is 0 Å². The second-order valence-electron chi connectivity index (χ2n) is 4.07. The largest absolute Gasteiger partial charge is 0.394 e. The van der Waals surface area contributed by atoms with Crippen molar-refractivity contribution in [3.05, 3.63) is 41.4 Å². The zero-order valence-corrected chi connectivity index (χ0v) is 11.7. The number of hydrogen-bond donors (Lipinski definition) is 2. The van der Waals surface area contributed by atoms with Gasteiger partial charge >= 0.3 is 0 Å². The molecule has 0 spiro atoms. The molecular formula is C14H16ClN3O2. The molecular weight excluding hydrogens is 278 g/mol. The van der Waals surface area contributed by atoms with Gasteiger partial charge in [-0.1, -0.05) is 23.7 Å². The third kappa shape index (κ3) is 4.45. The first-order chi connectivity index (χ1) is 9.79. The molecule has 2 aromatic rings. The van der Waals surface area contributed by atoms with Crippen LogP contribution < -0.4 is 5.32 Å². The summed E-state index contributed by atoms with van der Waals surface area (Å²) >= 11 is 5.84. The van der Waals surface area contributed by atoms with Crippen LogP contribution in [0.4, 0.5) is 5.82 Å². The molecule has 0 unspecified atom stereocenters. The van der Waals surface area contributed by atoms with E-state index < -0.39 is 0 Å². The highest BCUT2D eigenvalue weighted by atomic mass is 35.5. The van der Waals surface area contributed by atoms with E-state index in [4.69, 9.17) is 21.4 Å². The van der Waals surface area contributed by atoms with Gasteiger partial charge in [0.25, 0.3) is 0 Å². The van der Waals surface area contributed by atoms with E-state index in [9.17, 15) is 0 Å². The number of nitrogens with zero attached hydrogens (tertiary/aromatic N) is 2. The Morgan fingerprint density at radius 1 is 1.05 bits per heavy atom. The highest BCUT2D eigenvalue weighted by Crippen LogP contribution is 2.19. The molecule has 0 amide bonds. The minimum atomic E-state index is 0.0373. The van der Waals surface area contributed by atoms with Gasteiger partial charge in [0, 0.05) is 17.1 Å². The van der Waals surface area contributed by atoms with Crippen molar-refractivity contribution in [1.29, 1.82) is 0 Å². The average Bonchev–Trinajstić information content (AvgIpc) is 2.49. The van der Waals surface area contributed by atoms with E-state index in [0.29, 0.717) is 30.6 Å². The van der Waals surface area contributed by atoms with Gasteiger partial charge in [0.15, 0.2) is 0 Å². The number of anilines is 1. The van der Waals surface area contributed by atoms with Crippen LogP contribution in [0.25, 0.3) is 11.3 Å². The van der Waals surface area contributed by atoms with Crippen LogP contribution >= 0.6 is 11.6 Å². The van der Waals surface area contributed by atoms with Gasteiger partial charge in [-0.25, -0.2) is 0 Å². The second kappa shape index (κ2) is 7.79. The summed E-state index contributed by atoms with van der Waals surface area (Å²) < 4.78 is 5.14. The Morgan fingerprint density at radius 3 is 2.50 bits per heavy atom. The van der Waals surface area contributed by atoms with E-state index in [-0.39, 0.29) is 6.61 Å². The average molecular weight is 294 g/mol. The second-order valence-corrected chi connectivity index (χ2v) is 4.51. The van der Waals surface area contributed by atoms with Crippen molar-refractivity contribution >= 4 is 17.4 Å². The fraction of sp³-hybridized carbons (Fsp3) is 0.286. The maximum absolute atomic E-state index is 8.56. The first kappa shape index (κ1) is 14.7. The minimum Gasteiger partial charge on any atom is -0.394 e. The molecule has 0 fully saturated rings. The summed E-state index contributed by atoms with van der Waals surface area (Å²) in [6.45, 7) is 1.52. The fourth-order valence-corrected chi connectivity index (χ4v) is 1.75. The fourth-order valence-electron chi connectivity index (χ4n) is 1.62. The third-order valence-corrected chi connectivity index (χ3v) is 2.84. The molecule has 1 aromatic heterocycles. The number of nitrogens with one attached hydrogen (secondary N) is 1. The third-order valence-electron chi connectivity index (χ3n) is 2.59. The first-order valence-electron chi connectivity index (χ1n) is 6.32. The number of aliphatic hydroxyl groups is 1. The summed E-state index contributed by atoms with van der Waals surface area (Å²) in [4.78, 5) is 0. The van der Waals surface area contributed by atoms with E-state index in [2.05, 4.69) is 15.5 Å². The van der Waals surface area contributed by atoms with E-state index >= 15 is 0 Å². The van der Waals surface area contributed by atoms with E-state index in [1.165, 1.54) is 0 Å². The quantitative estimate of drug-likeness (QED) is 0.766. The Labute approximate surface area is 122 Å². The maximum atomic E-state index is 8.56. The number of rotatable bonds is 7. The van der Waals surface area contributed by atoms with Crippen LogP contribution in [0.3, 0.4) is 0 Å². The number of aromatic nitrogens is 2. The molecule has 0 bridgehead atoms. The summed E-state index contributed by atoms with van der Waals surface area (Å²) in [5, 5.41) is 20.6. The smallest absolute Gasteiger partial charge is 0.148 e. The van der Waals surface area contributed by atoms with Crippen LogP contribution in [0.15, 0.2) is 36.4 Å². The van der Waals surface area contributed by atoms with Crippen LogP contribution in [0.1, 0.15) is 0 Å². The normalized spacial score (nSPS) is 10.5. The molecule has 0 aliphatic rings. The SMILES string of the molecule is OCCOCCNc1ccc(-c2ccc(Cl)cc2)nn1. The summed E-state index contributed by atoms with van der Waals surface area (Å²) in [6, 6.07) is 11.2. The monoisotopic (exact) mass is 293 g/mol. The molecule has 0 aliphatic heterocycles. The highest BCUT2D eigenvalue weighted by molar-refractivity contribution is 6.30. The molecule has 0 saturated carbocycles. The van der Waals surface area contributed by atoms with Crippen molar-refractivity contribution in [1.82, 2.24) is 10.2 Å². The number of hydrogen-bond acceptors (Lipinski definition) is 5. The number of benzene rings is 1. The van der Waals surface area contributed by atoms with Crippen molar-refractivity contribution in [3.63, 3.8) is 0 Å². The lowest BCUT2D eigenvalue weighted by Gasteiger charge is -2.06. The topological polar surface area (TPSA) is 67.3 Å². The Bertz CT molecular complexity index is 517. The standard InChI is InChI=1S/C14H16ClN3O2/c15-12-3-1-11(2-4-12)13-5-6-14(18-17-13)16-7-9-20-10-8-19/h1-6,19H,7-10H2,(H,16,18). The van der Waals surface area contributed by atoms with Crippen molar-refractivity contribution in [3.8, 4) is 11.3 Å². The molecule has 5 nitrogen and oxygen atoms in total. The van der Waals surface area contributed by atoms with Gasteiger partial charge in [0.2, 0.25) is 0 Å². The Balaban J connectivity index is 1.88. The van der Waals surface area contributed by atoms with Gasteiger partial charge in [-0.3, -0.25) is 0 Å². The van der Waals surface area contributed by atoms with Gasteiger partial charge in [0.05, 0.1) is 25.5 Å². The molecule has 0 aliphatic carbocycles. The molecule has 1 heterocycles. The lowest BCUT2D eigenvalue weighted by atomic mass is 10.1. The molecule has 2 N–H and O–H groups in total. The first-order valence-corrected chi connectivity index (χ1v) is 6.69. The van der Waals surface area contributed by atoms with Crippen LogP contribution in [0.2, 0.25) is 5.02 Å². The number of halogens is 1. The molecule has 106 valence electrons. The van der Waals surface area contributed by atoms with Crippen LogP contribution in [0.5, 0.6) is 0 Å². The summed E-state index contributed by atoms with van der Waals surface area (Å²) in [5.41, 5.74) is 1.77. The molecule has 1 aromatic carbocycles. The molecule has 20 heavy (non-hydrogen) atoms. The Morgan fingerprint density at radius 2 is 1.85 bits per heavy atom. The highest BCUT2D eigenvalue weighted by Gasteiger charge is 2.01. The van der Waals surface area contributed by atoms with Crippen molar-refractivity contribution in [2.75, 3.05) is 31.7 Å². The van der Waals surface area contributed by atoms with Gasteiger partial charge < -0.3 is 15.2 Å². The zero-order chi connectivity index (χ0) is 14.2. The van der Waals surface area contributed by atoms with E-state index in [1.807, 2.05) is 36.4 Å². The van der Waals surface area contributed by atoms with Crippen molar-refractivity contribution in [2.45, 2.75) is 0 Å². The Kier molecular flexibility index (Phi) is 5.73. The predicted molar refractivity (Wildman–Crippen MR) is 78.9 cm³/mol. The van der Waals surface area contributed by atoms with Crippen LogP contribution in [-0.4, -0.2) is 41.7 Å². The summed E-state index contributed by atoms with van der Waals surface area (Å²) in [5.74, 6) is 0.690. The molecule has 6 heteroatoms. The van der Waals surface area contributed by atoms with Crippen LogP contribution in [0, 0.1) is 0 Å². The minimum absolute atomic E-state index is 0.0373. The zero-order valence-electron chi connectivity index (χ0n) is 10.9. The summed E-state index contributed by atoms with van der Waals surface area (Å²) in [7, 11) is 0. The van der Waals surface area contributed by atoms with E-state index in [1.54, 1.807) is 0 Å². The molecule has 0 saturated heterocycles.